The molecule has 1 N–H and O–H groups in total. The third-order valence-electron chi connectivity index (χ3n) is 2.18. The molecule has 1 aliphatic rings. The average molecular weight is 178 g/mol. The number of ether oxygens (including phenoxy) is 1. The molecule has 70 valence electrons. The first-order valence-corrected chi connectivity index (χ1v) is 4.61. The highest BCUT2D eigenvalue weighted by Gasteiger charge is 2.19. The Balaban J connectivity index is 1.88. The van der Waals surface area contributed by atoms with E-state index in [0.717, 1.165) is 12.6 Å². The second-order valence-corrected chi connectivity index (χ2v) is 3.36. The first-order valence-electron chi connectivity index (χ1n) is 4.61. The minimum Gasteiger partial charge on any atom is -0.481 e. The lowest BCUT2D eigenvalue weighted by molar-refractivity contribution is 0.397. The van der Waals surface area contributed by atoms with Crippen molar-refractivity contribution in [3.8, 4) is 5.88 Å². The summed E-state index contributed by atoms with van der Waals surface area (Å²) in [7, 11) is 1.63. The molecule has 1 fully saturated rings. The Morgan fingerprint density at radius 2 is 2.38 bits per heavy atom. The van der Waals surface area contributed by atoms with Crippen molar-refractivity contribution in [2.75, 3.05) is 7.11 Å². The smallest absolute Gasteiger partial charge is 0.212 e. The Labute approximate surface area is 78.1 Å². The maximum absolute atomic E-state index is 4.98. The van der Waals surface area contributed by atoms with Gasteiger partial charge in [0.05, 0.1) is 7.11 Å². The summed E-state index contributed by atoms with van der Waals surface area (Å²) in [5.41, 5.74) is 1.22. The number of rotatable bonds is 4. The summed E-state index contributed by atoms with van der Waals surface area (Å²) in [4.78, 5) is 4.13. The van der Waals surface area contributed by atoms with Crippen LogP contribution in [-0.2, 0) is 6.54 Å². The van der Waals surface area contributed by atoms with Gasteiger partial charge in [0.1, 0.15) is 0 Å². The van der Waals surface area contributed by atoms with E-state index in [1.807, 2.05) is 18.3 Å². The van der Waals surface area contributed by atoms with E-state index in [2.05, 4.69) is 10.3 Å². The first kappa shape index (κ1) is 8.51. The third kappa shape index (κ3) is 2.42. The summed E-state index contributed by atoms with van der Waals surface area (Å²) in [6.45, 7) is 0.918. The van der Waals surface area contributed by atoms with Crippen molar-refractivity contribution in [1.29, 1.82) is 0 Å². The monoisotopic (exact) mass is 178 g/mol. The normalized spacial score (nSPS) is 15.8. The van der Waals surface area contributed by atoms with Gasteiger partial charge in [-0.15, -0.1) is 0 Å². The van der Waals surface area contributed by atoms with Crippen molar-refractivity contribution < 1.29 is 4.74 Å². The van der Waals surface area contributed by atoms with Gasteiger partial charge in [-0.2, -0.15) is 0 Å². The van der Waals surface area contributed by atoms with Crippen LogP contribution in [-0.4, -0.2) is 18.1 Å². The first-order chi connectivity index (χ1) is 6.38. The Hall–Kier alpha value is -1.09. The average Bonchev–Trinajstić information content (AvgIpc) is 2.99. The molecule has 3 heteroatoms. The van der Waals surface area contributed by atoms with Crippen LogP contribution in [0.25, 0.3) is 0 Å². The molecule has 2 rings (SSSR count). The highest BCUT2D eigenvalue weighted by atomic mass is 16.5. The Bertz CT molecular complexity index is 267. The summed E-state index contributed by atoms with van der Waals surface area (Å²) in [6, 6.07) is 4.69. The lowest BCUT2D eigenvalue weighted by atomic mass is 10.3. The molecule has 1 aliphatic carbocycles. The summed E-state index contributed by atoms with van der Waals surface area (Å²) in [5.74, 6) is 0.676. The largest absolute Gasteiger partial charge is 0.481 e. The molecule has 0 spiro atoms. The second kappa shape index (κ2) is 3.75. The molecule has 1 aromatic heterocycles. The van der Waals surface area contributed by atoms with E-state index in [-0.39, 0.29) is 0 Å². The fraction of sp³-hybridized carbons (Fsp3) is 0.500. The lowest BCUT2D eigenvalue weighted by Gasteiger charge is -2.03. The van der Waals surface area contributed by atoms with E-state index in [0.29, 0.717) is 5.88 Å². The maximum atomic E-state index is 4.98. The van der Waals surface area contributed by atoms with Crippen molar-refractivity contribution in [3.63, 3.8) is 0 Å². The standard InChI is InChI=1S/C10H14N2O/c1-13-10-5-2-8(7-12-10)6-11-9-3-4-9/h2,5,7,9,11H,3-4,6H2,1H3. The fourth-order valence-electron chi connectivity index (χ4n) is 1.19. The van der Waals surface area contributed by atoms with E-state index < -0.39 is 0 Å². The highest BCUT2D eigenvalue weighted by molar-refractivity contribution is 5.17. The maximum Gasteiger partial charge on any atom is 0.212 e. The van der Waals surface area contributed by atoms with Crippen LogP contribution in [0.1, 0.15) is 18.4 Å². The van der Waals surface area contributed by atoms with Gasteiger partial charge in [-0.3, -0.25) is 0 Å². The van der Waals surface area contributed by atoms with Crippen LogP contribution < -0.4 is 10.1 Å². The van der Waals surface area contributed by atoms with Crippen molar-refractivity contribution in [1.82, 2.24) is 10.3 Å². The van der Waals surface area contributed by atoms with Crippen LogP contribution in [0.5, 0.6) is 5.88 Å². The predicted octanol–water partition coefficient (Wildman–Crippen LogP) is 1.34. The van der Waals surface area contributed by atoms with Gasteiger partial charge < -0.3 is 10.1 Å². The molecule has 0 unspecified atom stereocenters. The Morgan fingerprint density at radius 3 is 2.92 bits per heavy atom. The second-order valence-electron chi connectivity index (χ2n) is 3.36. The van der Waals surface area contributed by atoms with E-state index >= 15 is 0 Å². The third-order valence-corrected chi connectivity index (χ3v) is 2.18. The topological polar surface area (TPSA) is 34.1 Å². The van der Waals surface area contributed by atoms with Crippen molar-refractivity contribution in [3.05, 3.63) is 23.9 Å². The van der Waals surface area contributed by atoms with Crippen molar-refractivity contribution in [2.45, 2.75) is 25.4 Å². The number of pyridine rings is 1. The zero-order valence-corrected chi connectivity index (χ0v) is 7.79. The molecule has 0 atom stereocenters. The number of nitrogens with zero attached hydrogens (tertiary/aromatic N) is 1. The predicted molar refractivity (Wildman–Crippen MR) is 50.7 cm³/mol. The van der Waals surface area contributed by atoms with E-state index in [1.54, 1.807) is 7.11 Å². The number of hydrogen-bond acceptors (Lipinski definition) is 3. The van der Waals surface area contributed by atoms with Crippen LogP contribution in [0.2, 0.25) is 0 Å². The van der Waals surface area contributed by atoms with Gasteiger partial charge in [0.2, 0.25) is 5.88 Å². The molecule has 0 aromatic carbocycles. The van der Waals surface area contributed by atoms with Gasteiger partial charge in [0.15, 0.2) is 0 Å². The van der Waals surface area contributed by atoms with Crippen molar-refractivity contribution >= 4 is 0 Å². The number of aromatic nitrogens is 1. The van der Waals surface area contributed by atoms with E-state index in [9.17, 15) is 0 Å². The van der Waals surface area contributed by atoms with Crippen LogP contribution in [0.4, 0.5) is 0 Å². The quantitative estimate of drug-likeness (QED) is 0.755. The summed E-state index contributed by atoms with van der Waals surface area (Å²) >= 11 is 0. The van der Waals surface area contributed by atoms with Crippen molar-refractivity contribution in [2.24, 2.45) is 0 Å². The van der Waals surface area contributed by atoms with Gasteiger partial charge in [-0.05, 0) is 18.4 Å². The molecular formula is C10H14N2O. The molecule has 1 heterocycles. The van der Waals surface area contributed by atoms with Gasteiger partial charge in [-0.1, -0.05) is 6.07 Å². The zero-order chi connectivity index (χ0) is 9.10. The van der Waals surface area contributed by atoms with E-state index in [1.165, 1.54) is 18.4 Å². The SMILES string of the molecule is COc1ccc(CNC2CC2)cn1. The summed E-state index contributed by atoms with van der Waals surface area (Å²) in [6.07, 6.45) is 4.50. The molecule has 1 saturated carbocycles. The van der Waals surface area contributed by atoms with Gasteiger partial charge >= 0.3 is 0 Å². The van der Waals surface area contributed by atoms with Crippen LogP contribution in [0, 0.1) is 0 Å². The van der Waals surface area contributed by atoms with Crippen LogP contribution in [0.3, 0.4) is 0 Å². The zero-order valence-electron chi connectivity index (χ0n) is 7.79. The molecule has 0 aliphatic heterocycles. The number of hydrogen-bond donors (Lipinski definition) is 1. The van der Waals surface area contributed by atoms with Crippen LogP contribution in [0.15, 0.2) is 18.3 Å². The Morgan fingerprint density at radius 1 is 1.54 bits per heavy atom. The van der Waals surface area contributed by atoms with E-state index in [4.69, 9.17) is 4.74 Å². The van der Waals surface area contributed by atoms with Gasteiger partial charge in [0.25, 0.3) is 0 Å². The minimum atomic E-state index is 0.676. The lowest BCUT2D eigenvalue weighted by Crippen LogP contribution is -2.15. The molecule has 0 amide bonds. The van der Waals surface area contributed by atoms with Crippen LogP contribution >= 0.6 is 0 Å². The molecule has 13 heavy (non-hydrogen) atoms. The van der Waals surface area contributed by atoms with Gasteiger partial charge in [0, 0.05) is 24.8 Å². The van der Waals surface area contributed by atoms with Gasteiger partial charge in [-0.25, -0.2) is 4.98 Å². The molecule has 1 aromatic rings. The summed E-state index contributed by atoms with van der Waals surface area (Å²) < 4.78 is 4.98. The fourth-order valence-corrected chi connectivity index (χ4v) is 1.19. The number of nitrogens with one attached hydrogen (secondary N) is 1. The summed E-state index contributed by atoms with van der Waals surface area (Å²) in [5, 5.41) is 3.43. The number of methoxy groups -OCH3 is 1. The minimum absolute atomic E-state index is 0.676. The molecular weight excluding hydrogens is 164 g/mol. The highest BCUT2D eigenvalue weighted by Crippen LogP contribution is 2.19. The molecule has 0 saturated heterocycles. The Kier molecular flexibility index (Phi) is 2.45. The molecule has 0 radical (unpaired) electrons. The molecule has 0 bridgehead atoms. The molecule has 3 nitrogen and oxygen atoms in total.